The average molecular weight is 698 g/mol. The van der Waals surface area contributed by atoms with E-state index in [-0.39, 0.29) is 20.1 Å². The van der Waals surface area contributed by atoms with Crippen LogP contribution in [0, 0.1) is 25.0 Å². The Bertz CT molecular complexity index is 1590. The molecule has 0 saturated heterocycles. The molecule has 0 amide bonds. The summed E-state index contributed by atoms with van der Waals surface area (Å²) in [6.45, 7) is 6.55. The Hall–Kier alpha value is -3.98. The summed E-state index contributed by atoms with van der Waals surface area (Å²) in [6, 6.07) is 43.1. The molecule has 0 bridgehead atoms. The number of pyridine rings is 1. The summed E-state index contributed by atoms with van der Waals surface area (Å²) in [7, 11) is 0. The Morgan fingerprint density at radius 2 is 1.35 bits per heavy atom. The number of nitrogens with zero attached hydrogens (tertiary/aromatic N) is 3. The van der Waals surface area contributed by atoms with Crippen molar-refractivity contribution in [3.8, 4) is 33.8 Å². The van der Waals surface area contributed by atoms with Gasteiger partial charge in [0.05, 0.1) is 11.2 Å². The molecule has 1 radical (unpaired) electrons. The fourth-order valence-electron chi connectivity index (χ4n) is 4.69. The van der Waals surface area contributed by atoms with Crippen LogP contribution in [0.5, 0.6) is 0 Å². The van der Waals surface area contributed by atoms with Crippen LogP contribution in [0.1, 0.15) is 25.0 Å². The summed E-state index contributed by atoms with van der Waals surface area (Å²) in [5.41, 5.74) is 9.59. The van der Waals surface area contributed by atoms with Crippen molar-refractivity contribution in [1.29, 1.82) is 0 Å². The van der Waals surface area contributed by atoms with Gasteiger partial charge in [0.1, 0.15) is 6.33 Å². The number of benzene rings is 4. The molecule has 6 rings (SSSR count). The molecular formula is C36H31IrN3-2. The molecule has 4 aromatic carbocycles. The van der Waals surface area contributed by atoms with Gasteiger partial charge in [0, 0.05) is 25.5 Å². The third-order valence-electron chi connectivity index (χ3n) is 6.53. The zero-order valence-corrected chi connectivity index (χ0v) is 25.3. The van der Waals surface area contributed by atoms with Crippen molar-refractivity contribution in [3.63, 3.8) is 0 Å². The first kappa shape index (κ1) is 29.0. The van der Waals surface area contributed by atoms with Gasteiger partial charge in [0.15, 0.2) is 0 Å². The maximum absolute atomic E-state index is 4.78. The molecule has 0 unspecified atom stereocenters. The maximum Gasteiger partial charge on any atom is 0.106 e. The van der Waals surface area contributed by atoms with E-state index < -0.39 is 0 Å². The number of hydrogen-bond donors (Lipinski definition) is 0. The van der Waals surface area contributed by atoms with E-state index in [0.29, 0.717) is 5.92 Å². The zero-order valence-electron chi connectivity index (χ0n) is 22.9. The fourth-order valence-corrected chi connectivity index (χ4v) is 4.69. The van der Waals surface area contributed by atoms with E-state index in [1.54, 1.807) is 6.33 Å². The van der Waals surface area contributed by atoms with E-state index in [0.717, 1.165) is 51.3 Å². The first-order valence-electron chi connectivity index (χ1n) is 13.3. The van der Waals surface area contributed by atoms with Crippen LogP contribution in [-0.4, -0.2) is 15.0 Å². The third-order valence-corrected chi connectivity index (χ3v) is 6.53. The molecule has 4 heteroatoms. The SMILES string of the molecule is CC(C)Cc1cccc2nc(-c3[c-]cccc3)ccc12.Cc1c(-c2[c-]cccc2)ncnc1-c1ccccc1.[Ir]. The molecule has 0 N–H and O–H groups in total. The van der Waals surface area contributed by atoms with Gasteiger partial charge in [0.2, 0.25) is 0 Å². The normalized spacial score (nSPS) is 10.5. The van der Waals surface area contributed by atoms with Crippen LogP contribution >= 0.6 is 0 Å². The second-order valence-corrected chi connectivity index (χ2v) is 9.89. The van der Waals surface area contributed by atoms with Crippen molar-refractivity contribution >= 4 is 10.9 Å². The van der Waals surface area contributed by atoms with Crippen molar-refractivity contribution in [2.45, 2.75) is 27.2 Å². The summed E-state index contributed by atoms with van der Waals surface area (Å²) in [4.78, 5) is 13.6. The number of hydrogen-bond acceptors (Lipinski definition) is 3. The monoisotopic (exact) mass is 698 g/mol. The molecule has 3 nitrogen and oxygen atoms in total. The van der Waals surface area contributed by atoms with E-state index in [2.05, 4.69) is 85.3 Å². The van der Waals surface area contributed by atoms with E-state index in [4.69, 9.17) is 4.98 Å². The quantitative estimate of drug-likeness (QED) is 0.169. The smallest absolute Gasteiger partial charge is 0.106 e. The largest absolute Gasteiger partial charge is 0.296 e. The van der Waals surface area contributed by atoms with Gasteiger partial charge in [0.25, 0.3) is 0 Å². The second-order valence-electron chi connectivity index (χ2n) is 9.89. The summed E-state index contributed by atoms with van der Waals surface area (Å²) in [5, 5.41) is 1.26. The minimum Gasteiger partial charge on any atom is -0.296 e. The molecular weight excluding hydrogens is 667 g/mol. The van der Waals surface area contributed by atoms with E-state index in [9.17, 15) is 0 Å². The van der Waals surface area contributed by atoms with E-state index in [1.807, 2.05) is 66.7 Å². The Kier molecular flexibility index (Phi) is 10.1. The Balaban J connectivity index is 0.000000181. The predicted molar refractivity (Wildman–Crippen MR) is 161 cm³/mol. The van der Waals surface area contributed by atoms with Crippen LogP contribution in [0.3, 0.4) is 0 Å². The molecule has 0 atom stereocenters. The van der Waals surface area contributed by atoms with Crippen molar-refractivity contribution in [3.05, 3.63) is 139 Å². The molecule has 2 heterocycles. The molecule has 6 aromatic rings. The van der Waals surface area contributed by atoms with Gasteiger partial charge < -0.3 is 0 Å². The van der Waals surface area contributed by atoms with Crippen LogP contribution in [0.4, 0.5) is 0 Å². The van der Waals surface area contributed by atoms with Crippen LogP contribution in [-0.2, 0) is 26.5 Å². The first-order chi connectivity index (χ1) is 19.1. The second kappa shape index (κ2) is 13.9. The van der Waals surface area contributed by atoms with Crippen molar-refractivity contribution < 1.29 is 20.1 Å². The zero-order chi connectivity index (χ0) is 27.0. The number of rotatable bonds is 5. The Morgan fingerprint density at radius 3 is 2.02 bits per heavy atom. The molecule has 201 valence electrons. The topological polar surface area (TPSA) is 38.7 Å². The molecule has 0 aliphatic rings. The minimum absolute atomic E-state index is 0. The van der Waals surface area contributed by atoms with Crippen molar-refractivity contribution in [2.75, 3.05) is 0 Å². The molecule has 0 aliphatic heterocycles. The van der Waals surface area contributed by atoms with Gasteiger partial charge in [-0.2, -0.15) is 0 Å². The summed E-state index contributed by atoms with van der Waals surface area (Å²) in [6.07, 6.45) is 2.71. The maximum atomic E-state index is 4.78. The van der Waals surface area contributed by atoms with Crippen LogP contribution < -0.4 is 0 Å². The van der Waals surface area contributed by atoms with Gasteiger partial charge in [-0.3, -0.25) is 9.97 Å². The van der Waals surface area contributed by atoms with Gasteiger partial charge >= 0.3 is 0 Å². The van der Waals surface area contributed by atoms with Crippen molar-refractivity contribution in [1.82, 2.24) is 15.0 Å². The summed E-state index contributed by atoms with van der Waals surface area (Å²) in [5.74, 6) is 0.655. The number of fused-ring (bicyclic) bond motifs is 1. The minimum atomic E-state index is 0. The molecule has 0 spiro atoms. The van der Waals surface area contributed by atoms with E-state index >= 15 is 0 Å². The van der Waals surface area contributed by atoms with Gasteiger partial charge in [-0.1, -0.05) is 68.4 Å². The van der Waals surface area contributed by atoms with Gasteiger partial charge in [-0.05, 0) is 53.4 Å². The average Bonchev–Trinajstić information content (AvgIpc) is 2.99. The fraction of sp³-hybridized carbons (Fsp3) is 0.139. The first-order valence-corrected chi connectivity index (χ1v) is 13.3. The molecule has 0 fully saturated rings. The van der Waals surface area contributed by atoms with Crippen LogP contribution in [0.15, 0.2) is 116 Å². The standard InChI is InChI=1S/C19H18N.C17H13N2.Ir/c1-14(2)13-16-9-6-10-19-17(16)11-12-18(20-19)15-7-4-3-5-8-15;1-13-16(14-8-4-2-5-9-14)18-12-19-17(13)15-10-6-3-7-11-15;/h3-7,9-12,14H,13H2,1-2H3;2-10,12H,1H3;/q2*-1;. The molecule has 0 saturated carbocycles. The van der Waals surface area contributed by atoms with Crippen LogP contribution in [0.2, 0.25) is 0 Å². The van der Waals surface area contributed by atoms with Gasteiger partial charge in [-0.15, -0.1) is 71.8 Å². The van der Waals surface area contributed by atoms with E-state index in [1.165, 1.54) is 10.9 Å². The predicted octanol–water partition coefficient (Wildman–Crippen LogP) is 8.82. The van der Waals surface area contributed by atoms with Gasteiger partial charge in [-0.25, -0.2) is 4.98 Å². The summed E-state index contributed by atoms with van der Waals surface area (Å²) >= 11 is 0. The molecule has 2 aromatic heterocycles. The Morgan fingerprint density at radius 1 is 0.675 bits per heavy atom. The van der Waals surface area contributed by atoms with Crippen LogP contribution in [0.25, 0.3) is 44.7 Å². The van der Waals surface area contributed by atoms with Crippen molar-refractivity contribution in [2.24, 2.45) is 5.92 Å². The summed E-state index contributed by atoms with van der Waals surface area (Å²) < 4.78 is 0. The third kappa shape index (κ3) is 6.96. The number of aromatic nitrogens is 3. The molecule has 40 heavy (non-hydrogen) atoms. The molecule has 0 aliphatic carbocycles. The Labute approximate surface area is 250 Å².